The summed E-state index contributed by atoms with van der Waals surface area (Å²) in [7, 11) is -3.44. The number of benzene rings is 1. The molecule has 0 N–H and O–H groups in total. The van der Waals surface area contributed by atoms with E-state index in [-0.39, 0.29) is 29.0 Å². The largest absolute Gasteiger partial charge is 0.381 e. The standard InChI is InChI=1S/C23H36N2O4S/c26-23(13-20-30(27,28)22-9-4-3-5-10-22)25(21-11-18-29-19-12-21)17-8-16-24-14-6-1-2-7-15-24/h3-5,9-10,21H,1-2,6-8,11-20H2. The predicted octanol–water partition coefficient (Wildman–Crippen LogP) is 3.12. The summed E-state index contributed by atoms with van der Waals surface area (Å²) in [6, 6.07) is 8.57. The van der Waals surface area contributed by atoms with Gasteiger partial charge >= 0.3 is 0 Å². The third kappa shape index (κ3) is 7.06. The molecule has 0 bridgehead atoms. The zero-order valence-electron chi connectivity index (χ0n) is 18.0. The maximum absolute atomic E-state index is 13.1. The first-order valence-corrected chi connectivity index (χ1v) is 13.1. The number of ether oxygens (including phenoxy) is 1. The van der Waals surface area contributed by atoms with Crippen LogP contribution in [0.25, 0.3) is 0 Å². The average Bonchev–Trinajstić information content (AvgIpc) is 3.05. The summed E-state index contributed by atoms with van der Waals surface area (Å²) in [4.78, 5) is 17.8. The lowest BCUT2D eigenvalue weighted by Gasteiger charge is -2.35. The maximum atomic E-state index is 13.1. The van der Waals surface area contributed by atoms with Gasteiger partial charge in [0.05, 0.1) is 10.6 Å². The lowest BCUT2D eigenvalue weighted by Crippen LogP contribution is -2.45. The molecule has 3 rings (SSSR count). The van der Waals surface area contributed by atoms with Gasteiger partial charge in [-0.05, 0) is 63.9 Å². The lowest BCUT2D eigenvalue weighted by molar-refractivity contribution is -0.135. The number of amides is 1. The predicted molar refractivity (Wildman–Crippen MR) is 118 cm³/mol. The van der Waals surface area contributed by atoms with Gasteiger partial charge < -0.3 is 14.5 Å². The Morgan fingerprint density at radius 1 is 1.03 bits per heavy atom. The molecular formula is C23H36N2O4S. The van der Waals surface area contributed by atoms with Gasteiger partial charge in [-0.1, -0.05) is 31.0 Å². The molecular weight excluding hydrogens is 400 g/mol. The molecule has 2 heterocycles. The Morgan fingerprint density at radius 2 is 1.70 bits per heavy atom. The summed E-state index contributed by atoms with van der Waals surface area (Å²) in [5.41, 5.74) is 0. The number of rotatable bonds is 9. The van der Waals surface area contributed by atoms with E-state index in [0.717, 1.165) is 38.9 Å². The first-order valence-electron chi connectivity index (χ1n) is 11.4. The zero-order chi connectivity index (χ0) is 21.2. The Kier molecular flexibility index (Phi) is 9.15. The van der Waals surface area contributed by atoms with Gasteiger partial charge in [0.1, 0.15) is 0 Å². The molecule has 6 nitrogen and oxygen atoms in total. The molecule has 2 aliphatic heterocycles. The fourth-order valence-electron chi connectivity index (χ4n) is 4.44. The van der Waals surface area contributed by atoms with E-state index >= 15 is 0 Å². The molecule has 7 heteroatoms. The number of nitrogens with zero attached hydrogens (tertiary/aromatic N) is 2. The number of carbonyl (C=O) groups excluding carboxylic acids is 1. The smallest absolute Gasteiger partial charge is 0.223 e. The molecule has 0 unspecified atom stereocenters. The van der Waals surface area contributed by atoms with Crippen molar-refractivity contribution in [3.8, 4) is 0 Å². The summed E-state index contributed by atoms with van der Waals surface area (Å²) >= 11 is 0. The monoisotopic (exact) mass is 436 g/mol. The van der Waals surface area contributed by atoms with Crippen LogP contribution in [0.4, 0.5) is 0 Å². The Balaban J connectivity index is 1.56. The minimum Gasteiger partial charge on any atom is -0.381 e. The van der Waals surface area contributed by atoms with E-state index in [1.165, 1.54) is 25.7 Å². The fourth-order valence-corrected chi connectivity index (χ4v) is 5.69. The van der Waals surface area contributed by atoms with E-state index in [1.54, 1.807) is 30.3 Å². The molecule has 2 fully saturated rings. The molecule has 168 valence electrons. The van der Waals surface area contributed by atoms with Crippen LogP contribution in [0.5, 0.6) is 0 Å². The number of hydrogen-bond donors (Lipinski definition) is 0. The van der Waals surface area contributed by atoms with Crippen molar-refractivity contribution in [1.82, 2.24) is 9.80 Å². The summed E-state index contributed by atoms with van der Waals surface area (Å²) in [5, 5.41) is 0. The highest BCUT2D eigenvalue weighted by molar-refractivity contribution is 7.91. The molecule has 1 aromatic carbocycles. The van der Waals surface area contributed by atoms with Crippen LogP contribution in [-0.4, -0.2) is 75.3 Å². The highest BCUT2D eigenvalue weighted by Gasteiger charge is 2.27. The van der Waals surface area contributed by atoms with Crippen molar-refractivity contribution in [1.29, 1.82) is 0 Å². The van der Waals surface area contributed by atoms with E-state index in [4.69, 9.17) is 4.74 Å². The van der Waals surface area contributed by atoms with Crippen molar-refractivity contribution < 1.29 is 17.9 Å². The van der Waals surface area contributed by atoms with Crippen LogP contribution in [0.15, 0.2) is 35.2 Å². The van der Waals surface area contributed by atoms with Crippen molar-refractivity contribution in [3.05, 3.63) is 30.3 Å². The molecule has 0 aromatic heterocycles. The highest BCUT2D eigenvalue weighted by Crippen LogP contribution is 2.18. The van der Waals surface area contributed by atoms with Gasteiger partial charge in [0, 0.05) is 32.2 Å². The number of likely N-dealkylation sites (tertiary alicyclic amines) is 1. The van der Waals surface area contributed by atoms with Crippen LogP contribution >= 0.6 is 0 Å². The summed E-state index contributed by atoms with van der Waals surface area (Å²) < 4.78 is 30.7. The molecule has 2 aliphatic rings. The molecule has 30 heavy (non-hydrogen) atoms. The fraction of sp³-hybridized carbons (Fsp3) is 0.696. The lowest BCUT2D eigenvalue weighted by atomic mass is 10.1. The Labute approximate surface area is 181 Å². The van der Waals surface area contributed by atoms with Crippen LogP contribution < -0.4 is 0 Å². The van der Waals surface area contributed by atoms with Crippen molar-refractivity contribution in [2.75, 3.05) is 45.1 Å². The third-order valence-electron chi connectivity index (χ3n) is 6.21. The Morgan fingerprint density at radius 3 is 2.37 bits per heavy atom. The van der Waals surface area contributed by atoms with Crippen LogP contribution in [0, 0.1) is 0 Å². The molecule has 0 radical (unpaired) electrons. The molecule has 0 aliphatic carbocycles. The number of hydrogen-bond acceptors (Lipinski definition) is 5. The Hall–Kier alpha value is -1.44. The van der Waals surface area contributed by atoms with Crippen molar-refractivity contribution in [2.24, 2.45) is 0 Å². The van der Waals surface area contributed by atoms with Gasteiger partial charge in [0.2, 0.25) is 5.91 Å². The molecule has 1 amide bonds. The van der Waals surface area contributed by atoms with Crippen LogP contribution in [0.2, 0.25) is 0 Å². The first kappa shape index (κ1) is 23.2. The van der Waals surface area contributed by atoms with E-state index in [9.17, 15) is 13.2 Å². The first-order chi connectivity index (χ1) is 14.6. The molecule has 0 spiro atoms. The minimum atomic E-state index is -3.44. The quantitative estimate of drug-likeness (QED) is 0.595. The van der Waals surface area contributed by atoms with Crippen LogP contribution in [-0.2, 0) is 19.4 Å². The molecule has 2 saturated heterocycles. The van der Waals surface area contributed by atoms with Gasteiger partial charge in [-0.2, -0.15) is 0 Å². The second-order valence-corrected chi connectivity index (χ2v) is 10.5. The van der Waals surface area contributed by atoms with E-state index in [2.05, 4.69) is 4.90 Å². The summed E-state index contributed by atoms with van der Waals surface area (Å²) in [6.45, 7) is 5.35. The van der Waals surface area contributed by atoms with Gasteiger partial charge in [-0.3, -0.25) is 4.79 Å². The third-order valence-corrected chi connectivity index (χ3v) is 7.94. The summed E-state index contributed by atoms with van der Waals surface area (Å²) in [6.07, 6.45) is 7.81. The summed E-state index contributed by atoms with van der Waals surface area (Å²) in [5.74, 6) is -0.181. The minimum absolute atomic E-state index is 0.0400. The average molecular weight is 437 g/mol. The van der Waals surface area contributed by atoms with E-state index in [0.29, 0.717) is 19.8 Å². The van der Waals surface area contributed by atoms with Gasteiger partial charge in [-0.15, -0.1) is 0 Å². The SMILES string of the molecule is O=C(CCS(=O)(=O)c1ccccc1)N(CCCN1CCCCCC1)C1CCOCC1. The van der Waals surface area contributed by atoms with Crippen molar-refractivity contribution in [2.45, 2.75) is 62.3 Å². The Bertz CT molecular complexity index is 740. The van der Waals surface area contributed by atoms with Crippen LogP contribution in [0.3, 0.4) is 0 Å². The van der Waals surface area contributed by atoms with Gasteiger partial charge in [0.25, 0.3) is 0 Å². The molecule has 1 aromatic rings. The molecule has 0 saturated carbocycles. The van der Waals surface area contributed by atoms with Gasteiger partial charge in [0.15, 0.2) is 9.84 Å². The highest BCUT2D eigenvalue weighted by atomic mass is 32.2. The van der Waals surface area contributed by atoms with Gasteiger partial charge in [-0.25, -0.2) is 8.42 Å². The van der Waals surface area contributed by atoms with Crippen LogP contribution in [0.1, 0.15) is 51.4 Å². The van der Waals surface area contributed by atoms with E-state index in [1.807, 2.05) is 4.90 Å². The molecule has 0 atom stereocenters. The van der Waals surface area contributed by atoms with Crippen molar-refractivity contribution >= 4 is 15.7 Å². The number of carbonyl (C=O) groups is 1. The second-order valence-electron chi connectivity index (χ2n) is 8.42. The van der Waals surface area contributed by atoms with Crippen molar-refractivity contribution in [3.63, 3.8) is 0 Å². The maximum Gasteiger partial charge on any atom is 0.223 e. The zero-order valence-corrected chi connectivity index (χ0v) is 18.8. The normalized spacial score (nSPS) is 19.3. The van der Waals surface area contributed by atoms with E-state index < -0.39 is 9.84 Å². The topological polar surface area (TPSA) is 66.9 Å². The number of sulfone groups is 1. The second kappa shape index (κ2) is 11.8.